The molecule has 1 aliphatic rings. The van der Waals surface area contributed by atoms with E-state index in [1.54, 1.807) is 24.1 Å². The Bertz CT molecular complexity index is 718. The van der Waals surface area contributed by atoms with Crippen LogP contribution in [0.1, 0.15) is 32.6 Å². The second kappa shape index (κ2) is 10.3. The minimum absolute atomic E-state index is 0.0512. The third kappa shape index (κ3) is 6.66. The van der Waals surface area contributed by atoms with Gasteiger partial charge in [0.05, 0.1) is 12.3 Å². The van der Waals surface area contributed by atoms with Gasteiger partial charge >= 0.3 is 0 Å². The number of hydrogen-bond donors (Lipinski definition) is 0. The highest BCUT2D eigenvalue weighted by Gasteiger charge is 2.31. The SMILES string of the molecule is CCCCS(=O)(=O)N1CCC(C(=O)N(C)CCOc2cccc(Cl)c2)CC1. The summed E-state index contributed by atoms with van der Waals surface area (Å²) >= 11 is 5.92. The Morgan fingerprint density at radius 1 is 1.33 bits per heavy atom. The number of sulfonamides is 1. The normalized spacial score (nSPS) is 16.3. The molecule has 2 rings (SSSR count). The second-order valence-corrected chi connectivity index (χ2v) is 9.43. The third-order valence-corrected chi connectivity index (χ3v) is 7.01. The fraction of sp³-hybridized carbons (Fsp3) is 0.632. The van der Waals surface area contributed by atoms with Gasteiger partial charge in [-0.15, -0.1) is 0 Å². The molecule has 6 nitrogen and oxygen atoms in total. The summed E-state index contributed by atoms with van der Waals surface area (Å²) in [6.07, 6.45) is 2.68. The molecular weight excluding hydrogens is 388 g/mol. The van der Waals surface area contributed by atoms with Gasteiger partial charge in [0, 0.05) is 31.1 Å². The molecule has 0 N–H and O–H groups in total. The van der Waals surface area contributed by atoms with Crippen LogP contribution in [0.25, 0.3) is 0 Å². The molecule has 1 fully saturated rings. The van der Waals surface area contributed by atoms with Crippen LogP contribution in [0.4, 0.5) is 0 Å². The van der Waals surface area contributed by atoms with Crippen LogP contribution in [-0.4, -0.2) is 62.6 Å². The minimum Gasteiger partial charge on any atom is -0.492 e. The molecule has 0 unspecified atom stereocenters. The van der Waals surface area contributed by atoms with Crippen LogP contribution in [0, 0.1) is 5.92 Å². The van der Waals surface area contributed by atoms with Crippen molar-refractivity contribution in [3.8, 4) is 5.75 Å². The number of likely N-dealkylation sites (N-methyl/N-ethyl adjacent to an activating group) is 1. The molecule has 1 amide bonds. The number of piperidine rings is 1. The van der Waals surface area contributed by atoms with Crippen LogP contribution in [0.2, 0.25) is 5.02 Å². The number of carbonyl (C=O) groups is 1. The number of nitrogens with zero attached hydrogens (tertiary/aromatic N) is 2. The molecule has 0 atom stereocenters. The van der Waals surface area contributed by atoms with Crippen molar-refractivity contribution in [2.24, 2.45) is 5.92 Å². The highest BCUT2D eigenvalue weighted by Crippen LogP contribution is 2.22. The first-order chi connectivity index (χ1) is 12.8. The van der Waals surface area contributed by atoms with Gasteiger partial charge in [-0.05, 0) is 37.5 Å². The summed E-state index contributed by atoms with van der Waals surface area (Å²) in [6, 6.07) is 7.15. The lowest BCUT2D eigenvalue weighted by Crippen LogP contribution is -2.44. The van der Waals surface area contributed by atoms with Crippen LogP contribution in [0.5, 0.6) is 5.75 Å². The van der Waals surface area contributed by atoms with E-state index in [1.807, 2.05) is 19.1 Å². The maximum absolute atomic E-state index is 12.6. The molecule has 1 saturated heterocycles. The zero-order valence-corrected chi connectivity index (χ0v) is 17.6. The average molecular weight is 417 g/mol. The summed E-state index contributed by atoms with van der Waals surface area (Å²) in [5.74, 6) is 0.797. The molecule has 0 radical (unpaired) electrons. The van der Waals surface area contributed by atoms with E-state index in [-0.39, 0.29) is 17.6 Å². The Morgan fingerprint density at radius 3 is 2.67 bits per heavy atom. The van der Waals surface area contributed by atoms with Gasteiger partial charge in [0.15, 0.2) is 0 Å². The molecule has 1 heterocycles. The smallest absolute Gasteiger partial charge is 0.225 e. The molecule has 27 heavy (non-hydrogen) atoms. The van der Waals surface area contributed by atoms with Crippen molar-refractivity contribution < 1.29 is 17.9 Å². The van der Waals surface area contributed by atoms with Crippen LogP contribution < -0.4 is 4.74 Å². The molecule has 1 aromatic carbocycles. The molecule has 0 aliphatic carbocycles. The van der Waals surface area contributed by atoms with Crippen LogP contribution in [0.3, 0.4) is 0 Å². The predicted molar refractivity (Wildman–Crippen MR) is 108 cm³/mol. The van der Waals surface area contributed by atoms with Gasteiger partial charge in [-0.25, -0.2) is 12.7 Å². The number of amides is 1. The lowest BCUT2D eigenvalue weighted by atomic mass is 9.97. The molecular formula is C19H29ClN2O4S. The van der Waals surface area contributed by atoms with E-state index in [4.69, 9.17) is 16.3 Å². The highest BCUT2D eigenvalue weighted by molar-refractivity contribution is 7.89. The van der Waals surface area contributed by atoms with Crippen LogP contribution in [-0.2, 0) is 14.8 Å². The topological polar surface area (TPSA) is 66.9 Å². The van der Waals surface area contributed by atoms with Crippen molar-refractivity contribution in [2.45, 2.75) is 32.6 Å². The summed E-state index contributed by atoms with van der Waals surface area (Å²) in [5.41, 5.74) is 0. The molecule has 152 valence electrons. The number of carbonyl (C=O) groups excluding carboxylic acids is 1. The number of ether oxygens (including phenoxy) is 1. The first kappa shape index (κ1) is 22.0. The molecule has 8 heteroatoms. The minimum atomic E-state index is -3.19. The standard InChI is InChI=1S/C19H29ClN2O4S/c1-3-4-14-27(24,25)22-10-8-16(9-11-22)19(23)21(2)12-13-26-18-7-5-6-17(20)15-18/h5-7,15-16H,3-4,8-14H2,1-2H3. The molecule has 1 aliphatic heterocycles. The zero-order valence-electron chi connectivity index (χ0n) is 16.1. The van der Waals surface area contributed by atoms with E-state index in [1.165, 1.54) is 4.31 Å². The van der Waals surface area contributed by atoms with Gasteiger partial charge < -0.3 is 9.64 Å². The summed E-state index contributed by atoms with van der Waals surface area (Å²) in [4.78, 5) is 14.3. The van der Waals surface area contributed by atoms with Gasteiger partial charge in [0.2, 0.25) is 15.9 Å². The number of benzene rings is 1. The summed E-state index contributed by atoms with van der Waals surface area (Å²) in [5, 5.41) is 0.609. The Kier molecular flexibility index (Phi) is 8.38. The monoisotopic (exact) mass is 416 g/mol. The van der Waals surface area contributed by atoms with E-state index >= 15 is 0 Å². The van der Waals surface area contributed by atoms with E-state index in [0.717, 1.165) is 6.42 Å². The summed E-state index contributed by atoms with van der Waals surface area (Å²) in [6.45, 7) is 3.68. The van der Waals surface area contributed by atoms with Crippen molar-refractivity contribution in [2.75, 3.05) is 39.0 Å². The van der Waals surface area contributed by atoms with Gasteiger partial charge in [0.25, 0.3) is 0 Å². The maximum atomic E-state index is 12.6. The first-order valence-electron chi connectivity index (χ1n) is 9.44. The third-order valence-electron chi connectivity index (χ3n) is 4.82. The van der Waals surface area contributed by atoms with Crippen molar-refractivity contribution in [1.82, 2.24) is 9.21 Å². The van der Waals surface area contributed by atoms with Crippen LogP contribution >= 0.6 is 11.6 Å². The Morgan fingerprint density at radius 2 is 2.04 bits per heavy atom. The lowest BCUT2D eigenvalue weighted by molar-refractivity contribution is -0.135. The average Bonchev–Trinajstić information content (AvgIpc) is 2.66. The van der Waals surface area contributed by atoms with Crippen molar-refractivity contribution in [3.63, 3.8) is 0 Å². The lowest BCUT2D eigenvalue weighted by Gasteiger charge is -2.32. The fourth-order valence-corrected chi connectivity index (χ4v) is 4.97. The van der Waals surface area contributed by atoms with Crippen molar-refractivity contribution in [3.05, 3.63) is 29.3 Å². The van der Waals surface area contributed by atoms with Crippen molar-refractivity contribution >= 4 is 27.5 Å². The Balaban J connectivity index is 1.76. The number of unbranched alkanes of at least 4 members (excludes halogenated alkanes) is 1. The Labute approximate surface area is 167 Å². The van der Waals surface area contributed by atoms with Gasteiger partial charge in [-0.3, -0.25) is 4.79 Å². The molecule has 0 aromatic heterocycles. The molecule has 0 bridgehead atoms. The number of rotatable bonds is 9. The Hall–Kier alpha value is -1.31. The summed E-state index contributed by atoms with van der Waals surface area (Å²) < 4.78 is 31.7. The number of halogens is 1. The van der Waals surface area contributed by atoms with E-state index in [0.29, 0.717) is 56.3 Å². The van der Waals surface area contributed by atoms with Gasteiger partial charge in [-0.1, -0.05) is 31.0 Å². The number of hydrogen-bond acceptors (Lipinski definition) is 4. The first-order valence-corrected chi connectivity index (χ1v) is 11.4. The van der Waals surface area contributed by atoms with E-state index in [2.05, 4.69) is 0 Å². The predicted octanol–water partition coefficient (Wildman–Crippen LogP) is 3.02. The molecule has 0 spiro atoms. The van der Waals surface area contributed by atoms with Crippen LogP contribution in [0.15, 0.2) is 24.3 Å². The molecule has 1 aromatic rings. The quantitative estimate of drug-likeness (QED) is 0.620. The maximum Gasteiger partial charge on any atom is 0.225 e. The highest BCUT2D eigenvalue weighted by atomic mass is 35.5. The zero-order chi connectivity index (χ0) is 19.9. The van der Waals surface area contributed by atoms with E-state index < -0.39 is 10.0 Å². The second-order valence-electron chi connectivity index (χ2n) is 6.91. The van der Waals surface area contributed by atoms with Gasteiger partial charge in [-0.2, -0.15) is 0 Å². The van der Waals surface area contributed by atoms with E-state index in [9.17, 15) is 13.2 Å². The largest absolute Gasteiger partial charge is 0.492 e. The summed E-state index contributed by atoms with van der Waals surface area (Å²) in [7, 11) is -1.43. The molecule has 0 saturated carbocycles. The van der Waals surface area contributed by atoms with Gasteiger partial charge in [0.1, 0.15) is 12.4 Å². The fourth-order valence-electron chi connectivity index (χ4n) is 3.12. The van der Waals surface area contributed by atoms with Crippen molar-refractivity contribution in [1.29, 1.82) is 0 Å².